The fourth-order valence-corrected chi connectivity index (χ4v) is 6.55. The summed E-state index contributed by atoms with van der Waals surface area (Å²) >= 11 is 1.09. The fourth-order valence-electron chi connectivity index (χ4n) is 4.50. The molecule has 1 aromatic heterocycles. The van der Waals surface area contributed by atoms with Crippen LogP contribution in [0.5, 0.6) is 11.5 Å². The van der Waals surface area contributed by atoms with Crippen LogP contribution in [0.25, 0.3) is 10.1 Å². The number of rotatable bonds is 8. The molecule has 2 aromatic carbocycles. The Labute approximate surface area is 229 Å². The molecule has 3 aromatic rings. The second-order valence-corrected chi connectivity index (χ2v) is 14.1. The Hall–Kier alpha value is -2.73. The van der Waals surface area contributed by atoms with E-state index in [1.807, 2.05) is 11.9 Å². The zero-order valence-corrected chi connectivity index (χ0v) is 23.9. The predicted molar refractivity (Wildman–Crippen MR) is 151 cm³/mol. The number of nitrogens with zero attached hydrogens (tertiary/aromatic N) is 1. The summed E-state index contributed by atoms with van der Waals surface area (Å²) in [7, 11) is 0.823. The largest absolute Gasteiger partial charge is 0.493 e. The smallest absolute Gasteiger partial charge is 0.273 e. The monoisotopic (exact) mass is 582 g/mol. The number of hydrogen-bond acceptors (Lipinski definition) is 6. The average Bonchev–Trinajstić information content (AvgIpc) is 3.26. The van der Waals surface area contributed by atoms with Crippen LogP contribution in [-0.2, 0) is 4.57 Å². The summed E-state index contributed by atoms with van der Waals surface area (Å²) in [5.41, 5.74) is 0.389. The third-order valence-corrected chi connectivity index (χ3v) is 9.30. The summed E-state index contributed by atoms with van der Waals surface area (Å²) in [6.07, 6.45) is -6.27. The lowest BCUT2D eigenvalue weighted by atomic mass is 10.0. The maximum atomic E-state index is 14.8. The van der Waals surface area contributed by atoms with Gasteiger partial charge in [0.15, 0.2) is 17.7 Å². The molecule has 3 atom stereocenters. The molecule has 1 N–H and O–H groups in total. The molecule has 1 saturated heterocycles. The van der Waals surface area contributed by atoms with E-state index in [2.05, 4.69) is 17.2 Å². The molecule has 210 valence electrons. The zero-order chi connectivity index (χ0) is 28.3. The zero-order valence-electron chi connectivity index (χ0n) is 22.1. The van der Waals surface area contributed by atoms with Gasteiger partial charge in [0.1, 0.15) is 19.9 Å². The number of halogens is 4. The highest BCUT2D eigenvalue weighted by atomic mass is 32.1. The van der Waals surface area contributed by atoms with E-state index < -0.39 is 32.0 Å². The molecular formula is C28H31F4N2O3PS. The predicted octanol–water partition coefficient (Wildman–Crippen LogP) is 6.32. The number of hydrogen-bond donors (Lipinski definition) is 1. The summed E-state index contributed by atoms with van der Waals surface area (Å²) in [5, 5.41) is 4.17. The van der Waals surface area contributed by atoms with Crippen LogP contribution in [0, 0.1) is 11.8 Å². The van der Waals surface area contributed by atoms with Gasteiger partial charge in [0, 0.05) is 29.3 Å². The molecule has 1 aliphatic heterocycles. The van der Waals surface area contributed by atoms with Crippen molar-refractivity contribution in [1.82, 2.24) is 4.90 Å². The van der Waals surface area contributed by atoms with Crippen molar-refractivity contribution in [2.24, 2.45) is 0 Å². The van der Waals surface area contributed by atoms with Gasteiger partial charge in [0.2, 0.25) is 0 Å². The van der Waals surface area contributed by atoms with Crippen molar-refractivity contribution in [1.29, 1.82) is 0 Å². The summed E-state index contributed by atoms with van der Waals surface area (Å²) in [6, 6.07) is 9.49. The lowest BCUT2D eigenvalue weighted by Gasteiger charge is -2.33. The molecule has 0 saturated carbocycles. The van der Waals surface area contributed by atoms with Gasteiger partial charge >= 0.3 is 0 Å². The van der Waals surface area contributed by atoms with E-state index in [4.69, 9.17) is 9.47 Å². The first-order valence-corrected chi connectivity index (χ1v) is 15.8. The normalized spacial score (nSPS) is 19.0. The minimum atomic E-state index is -3.23. The van der Waals surface area contributed by atoms with Gasteiger partial charge in [0.05, 0.1) is 28.4 Å². The van der Waals surface area contributed by atoms with Gasteiger partial charge in [-0.2, -0.15) is 0 Å². The molecule has 0 spiro atoms. The SMILES string of the molecule is COc1cc(P(C)(C)=O)ccc1OCC#Cc1sc2c(NC3CCN(C)CC3F)cccc2c1C(F)C(F)F. The van der Waals surface area contributed by atoms with Gasteiger partial charge in [0.25, 0.3) is 6.43 Å². The first-order valence-electron chi connectivity index (χ1n) is 12.4. The van der Waals surface area contributed by atoms with E-state index >= 15 is 0 Å². The summed E-state index contributed by atoms with van der Waals surface area (Å²) in [5.74, 6) is 6.35. The Bertz CT molecular complexity index is 1430. The van der Waals surface area contributed by atoms with E-state index in [0.29, 0.717) is 45.5 Å². The Balaban J connectivity index is 1.61. The van der Waals surface area contributed by atoms with Gasteiger partial charge in [-0.25, -0.2) is 17.6 Å². The number of anilines is 1. The van der Waals surface area contributed by atoms with Gasteiger partial charge in [-0.1, -0.05) is 24.0 Å². The molecule has 2 heterocycles. The number of ether oxygens (including phenoxy) is 2. The Morgan fingerprint density at radius 2 is 1.97 bits per heavy atom. The molecular weight excluding hydrogens is 551 g/mol. The lowest BCUT2D eigenvalue weighted by molar-refractivity contribution is 0.0504. The first-order chi connectivity index (χ1) is 18.5. The Morgan fingerprint density at radius 3 is 2.64 bits per heavy atom. The van der Waals surface area contributed by atoms with Crippen LogP contribution in [0.2, 0.25) is 0 Å². The van der Waals surface area contributed by atoms with Crippen molar-refractivity contribution in [2.75, 3.05) is 52.5 Å². The molecule has 11 heteroatoms. The van der Waals surface area contributed by atoms with E-state index in [1.165, 1.54) is 7.11 Å². The minimum absolute atomic E-state index is 0.116. The molecule has 1 aliphatic rings. The van der Waals surface area contributed by atoms with Crippen LogP contribution in [0.1, 0.15) is 23.0 Å². The van der Waals surface area contributed by atoms with Crippen molar-refractivity contribution < 1.29 is 31.6 Å². The molecule has 1 fully saturated rings. The lowest BCUT2D eigenvalue weighted by Crippen LogP contribution is -2.46. The molecule has 0 radical (unpaired) electrons. The summed E-state index contributed by atoms with van der Waals surface area (Å²) < 4.78 is 80.5. The van der Waals surface area contributed by atoms with Gasteiger partial charge in [-0.3, -0.25) is 0 Å². The molecule has 5 nitrogen and oxygen atoms in total. The fraction of sp³-hybridized carbons (Fsp3) is 0.429. The van der Waals surface area contributed by atoms with Crippen molar-refractivity contribution in [3.63, 3.8) is 0 Å². The van der Waals surface area contributed by atoms with Crippen molar-refractivity contribution in [3.05, 3.63) is 46.8 Å². The van der Waals surface area contributed by atoms with E-state index in [1.54, 1.807) is 49.7 Å². The van der Waals surface area contributed by atoms with Crippen LogP contribution in [0.4, 0.5) is 23.2 Å². The number of thiophene rings is 1. The Morgan fingerprint density at radius 1 is 1.21 bits per heavy atom. The number of benzene rings is 2. The van der Waals surface area contributed by atoms with Crippen molar-refractivity contribution >= 4 is 39.6 Å². The van der Waals surface area contributed by atoms with Crippen molar-refractivity contribution in [2.45, 2.75) is 31.2 Å². The standard InChI is InChI=1S/C28H31F4N2O3PS/c1-34-13-12-20(19(29)16-34)33-21-8-5-7-18-25(26(30)28(31)32)24(39-27(18)21)9-6-14-37-22-11-10-17(38(3,4)35)15-23(22)36-2/h5,7-8,10-11,15,19-20,26,28,33H,12-14,16H2,1-4H3. The number of fused-ring (bicyclic) bond motifs is 1. The number of piperidine rings is 1. The van der Waals surface area contributed by atoms with Gasteiger partial charge in [-0.05, 0) is 51.1 Å². The van der Waals surface area contributed by atoms with Crippen LogP contribution in [-0.4, -0.2) is 70.7 Å². The van der Waals surface area contributed by atoms with E-state index in [0.717, 1.165) is 17.9 Å². The van der Waals surface area contributed by atoms with Gasteiger partial charge < -0.3 is 24.3 Å². The number of alkyl halides is 4. The molecule has 3 unspecified atom stereocenters. The van der Waals surface area contributed by atoms with Crippen LogP contribution in [0.15, 0.2) is 36.4 Å². The second kappa shape index (κ2) is 12.2. The maximum Gasteiger partial charge on any atom is 0.273 e. The van der Waals surface area contributed by atoms with E-state index in [9.17, 15) is 22.1 Å². The molecule has 39 heavy (non-hydrogen) atoms. The highest BCUT2D eigenvalue weighted by Crippen LogP contribution is 2.43. The third-order valence-electron chi connectivity index (χ3n) is 6.61. The van der Waals surface area contributed by atoms with Crippen LogP contribution >= 0.6 is 18.5 Å². The molecule has 0 aliphatic carbocycles. The van der Waals surface area contributed by atoms with Crippen molar-refractivity contribution in [3.8, 4) is 23.3 Å². The molecule has 4 rings (SSSR count). The first kappa shape index (κ1) is 29.3. The average molecular weight is 583 g/mol. The number of likely N-dealkylation sites (tertiary alicyclic amines) is 1. The third kappa shape index (κ3) is 6.71. The van der Waals surface area contributed by atoms with Gasteiger partial charge in [-0.15, -0.1) is 11.3 Å². The molecule has 0 amide bonds. The van der Waals surface area contributed by atoms with Crippen LogP contribution in [0.3, 0.4) is 0 Å². The minimum Gasteiger partial charge on any atom is -0.493 e. The number of nitrogens with one attached hydrogen (secondary N) is 1. The van der Waals surface area contributed by atoms with Crippen LogP contribution < -0.4 is 20.1 Å². The number of methoxy groups -OCH3 is 1. The maximum absolute atomic E-state index is 14.8. The second-order valence-electron chi connectivity index (χ2n) is 9.86. The van der Waals surface area contributed by atoms with E-state index in [-0.39, 0.29) is 17.0 Å². The summed E-state index contributed by atoms with van der Waals surface area (Å²) in [6.45, 7) is 4.20. The highest BCUT2D eigenvalue weighted by molar-refractivity contribution is 7.70. The molecule has 0 bridgehead atoms. The quantitative estimate of drug-likeness (QED) is 0.192. The highest BCUT2D eigenvalue weighted by Gasteiger charge is 2.31. The summed E-state index contributed by atoms with van der Waals surface area (Å²) in [4.78, 5) is 2.07. The topological polar surface area (TPSA) is 50.8 Å². The Kier molecular flexibility index (Phi) is 9.15.